The Hall–Kier alpha value is -1.98. The van der Waals surface area contributed by atoms with E-state index in [-0.39, 0.29) is 6.10 Å². The molecule has 26 heavy (non-hydrogen) atoms. The zero-order chi connectivity index (χ0) is 17.6. The summed E-state index contributed by atoms with van der Waals surface area (Å²) in [5.74, 6) is 0. The molecule has 0 unspecified atom stereocenters. The molecule has 2 fully saturated rings. The summed E-state index contributed by atoms with van der Waals surface area (Å²) in [4.78, 5) is 13.4. The van der Waals surface area contributed by atoms with Crippen LogP contribution in [0.2, 0.25) is 0 Å². The first-order valence-electron chi connectivity index (χ1n) is 9.80. The summed E-state index contributed by atoms with van der Waals surface area (Å²) >= 11 is 0. The molecule has 4 rings (SSSR count). The molecule has 138 valence electrons. The van der Waals surface area contributed by atoms with Gasteiger partial charge >= 0.3 is 0 Å². The maximum Gasteiger partial charge on any atom is 0.115 e. The zero-order valence-electron chi connectivity index (χ0n) is 15.4. The van der Waals surface area contributed by atoms with Crippen molar-refractivity contribution in [1.82, 2.24) is 14.9 Å². The summed E-state index contributed by atoms with van der Waals surface area (Å²) in [6, 6.07) is 10.9. The number of aryl methyl sites for hydroxylation is 1. The van der Waals surface area contributed by atoms with E-state index in [2.05, 4.69) is 44.0 Å². The van der Waals surface area contributed by atoms with Crippen LogP contribution in [0.3, 0.4) is 0 Å². The molecule has 2 aliphatic rings. The number of morpholine rings is 1. The third-order valence-electron chi connectivity index (χ3n) is 5.42. The van der Waals surface area contributed by atoms with E-state index < -0.39 is 0 Å². The molecule has 0 amide bonds. The van der Waals surface area contributed by atoms with Crippen molar-refractivity contribution in [2.45, 2.75) is 38.3 Å². The molecule has 0 saturated carbocycles. The Morgan fingerprint density at radius 3 is 2.81 bits per heavy atom. The van der Waals surface area contributed by atoms with E-state index >= 15 is 0 Å². The van der Waals surface area contributed by atoms with Gasteiger partial charge in [-0.2, -0.15) is 0 Å². The average molecular weight is 352 g/mol. The van der Waals surface area contributed by atoms with Gasteiger partial charge in [0.2, 0.25) is 0 Å². The van der Waals surface area contributed by atoms with Crippen LogP contribution >= 0.6 is 0 Å². The Balaban J connectivity index is 1.35. The van der Waals surface area contributed by atoms with Crippen LogP contribution in [0.5, 0.6) is 0 Å². The number of nitrogens with zero attached hydrogens (tertiary/aromatic N) is 4. The number of hydrogen-bond acceptors (Lipinski definition) is 5. The summed E-state index contributed by atoms with van der Waals surface area (Å²) in [5.41, 5.74) is 3.97. The van der Waals surface area contributed by atoms with Crippen molar-refractivity contribution in [2.75, 3.05) is 37.7 Å². The molecule has 2 aromatic rings. The largest absolute Gasteiger partial charge is 0.376 e. The number of hydrogen-bond donors (Lipinski definition) is 0. The van der Waals surface area contributed by atoms with Crippen LogP contribution in [0.15, 0.2) is 42.9 Å². The normalized spacial score (nSPS) is 21.2. The molecule has 1 aromatic carbocycles. The molecule has 1 aromatic heterocycles. The Kier molecular flexibility index (Phi) is 5.77. The molecule has 5 heteroatoms. The number of aromatic nitrogens is 2. The van der Waals surface area contributed by atoms with Crippen molar-refractivity contribution in [3.8, 4) is 0 Å². The number of ether oxygens (including phenoxy) is 1. The van der Waals surface area contributed by atoms with Crippen molar-refractivity contribution >= 4 is 5.69 Å². The molecule has 1 atom stereocenters. The van der Waals surface area contributed by atoms with Gasteiger partial charge in [0, 0.05) is 50.3 Å². The van der Waals surface area contributed by atoms with Crippen molar-refractivity contribution in [1.29, 1.82) is 0 Å². The number of para-hydroxylation sites is 1. The summed E-state index contributed by atoms with van der Waals surface area (Å²) in [6.45, 7) is 6.24. The fraction of sp³-hybridized carbons (Fsp3) is 0.524. The molecule has 0 N–H and O–H groups in total. The molecule has 2 aliphatic heterocycles. The fourth-order valence-electron chi connectivity index (χ4n) is 4.03. The molecule has 3 heterocycles. The molecule has 5 nitrogen and oxygen atoms in total. The highest BCUT2D eigenvalue weighted by molar-refractivity contribution is 5.54. The molecular formula is C21H28N4O. The van der Waals surface area contributed by atoms with Crippen LogP contribution in [-0.2, 0) is 17.7 Å². The molecule has 0 spiro atoms. The number of rotatable bonds is 6. The van der Waals surface area contributed by atoms with Gasteiger partial charge in [-0.05, 0) is 43.4 Å². The van der Waals surface area contributed by atoms with Gasteiger partial charge in [-0.25, -0.2) is 9.97 Å². The van der Waals surface area contributed by atoms with Crippen LogP contribution < -0.4 is 4.90 Å². The summed E-state index contributed by atoms with van der Waals surface area (Å²) in [6.07, 6.45) is 8.32. The standard InChI is InChI=1S/C21H28N4O/c1-2-6-21(25-11-3-4-12-25)18(5-1)15-24-13-14-26-20(16-24)8-7-19-9-10-22-17-23-19/h1-2,5-6,9-10,17,20H,3-4,7-8,11-16H2/t20-/m0/s1. The predicted molar refractivity (Wildman–Crippen MR) is 103 cm³/mol. The molecule has 0 aliphatic carbocycles. The van der Waals surface area contributed by atoms with Gasteiger partial charge in [0.15, 0.2) is 0 Å². The monoisotopic (exact) mass is 352 g/mol. The van der Waals surface area contributed by atoms with Crippen molar-refractivity contribution in [3.63, 3.8) is 0 Å². The second-order valence-electron chi connectivity index (χ2n) is 7.29. The molecule has 0 radical (unpaired) electrons. The Morgan fingerprint density at radius 2 is 1.96 bits per heavy atom. The van der Waals surface area contributed by atoms with E-state index in [1.165, 1.54) is 37.2 Å². The second-order valence-corrected chi connectivity index (χ2v) is 7.29. The van der Waals surface area contributed by atoms with Gasteiger partial charge in [0.1, 0.15) is 6.33 Å². The zero-order valence-corrected chi connectivity index (χ0v) is 15.4. The summed E-state index contributed by atoms with van der Waals surface area (Å²) in [5, 5.41) is 0. The topological polar surface area (TPSA) is 41.5 Å². The van der Waals surface area contributed by atoms with Gasteiger partial charge in [0.05, 0.1) is 12.7 Å². The van der Waals surface area contributed by atoms with E-state index in [4.69, 9.17) is 4.74 Å². The lowest BCUT2D eigenvalue weighted by Gasteiger charge is -2.34. The quantitative estimate of drug-likeness (QED) is 0.800. The molecule has 0 bridgehead atoms. The minimum Gasteiger partial charge on any atom is -0.376 e. The third-order valence-corrected chi connectivity index (χ3v) is 5.42. The highest BCUT2D eigenvalue weighted by Gasteiger charge is 2.22. The van der Waals surface area contributed by atoms with Crippen LogP contribution in [0.1, 0.15) is 30.5 Å². The fourth-order valence-corrected chi connectivity index (χ4v) is 4.03. The second kappa shape index (κ2) is 8.60. The first-order chi connectivity index (χ1) is 12.9. The summed E-state index contributed by atoms with van der Waals surface area (Å²) < 4.78 is 6.00. The lowest BCUT2D eigenvalue weighted by atomic mass is 10.1. The van der Waals surface area contributed by atoms with E-state index in [0.29, 0.717) is 0 Å². The van der Waals surface area contributed by atoms with Gasteiger partial charge in [-0.1, -0.05) is 18.2 Å². The maximum atomic E-state index is 6.00. The minimum absolute atomic E-state index is 0.290. The van der Waals surface area contributed by atoms with Crippen LogP contribution in [0.4, 0.5) is 5.69 Å². The van der Waals surface area contributed by atoms with Crippen molar-refractivity contribution < 1.29 is 4.74 Å². The van der Waals surface area contributed by atoms with Crippen LogP contribution in [0.25, 0.3) is 0 Å². The Bertz CT molecular complexity index is 687. The highest BCUT2D eigenvalue weighted by atomic mass is 16.5. The van der Waals surface area contributed by atoms with Gasteiger partial charge in [0.25, 0.3) is 0 Å². The Labute approximate surface area is 156 Å². The molecular weight excluding hydrogens is 324 g/mol. The smallest absolute Gasteiger partial charge is 0.115 e. The van der Waals surface area contributed by atoms with Crippen molar-refractivity contribution in [2.24, 2.45) is 0 Å². The van der Waals surface area contributed by atoms with Gasteiger partial charge in [-0.15, -0.1) is 0 Å². The van der Waals surface area contributed by atoms with E-state index in [9.17, 15) is 0 Å². The minimum atomic E-state index is 0.290. The SMILES string of the molecule is c1ccc(N2CCCC2)c(CN2CCO[C@@H](CCc3ccncn3)C2)c1. The first kappa shape index (κ1) is 17.4. The van der Waals surface area contributed by atoms with Crippen LogP contribution in [-0.4, -0.2) is 53.8 Å². The highest BCUT2D eigenvalue weighted by Crippen LogP contribution is 2.26. The van der Waals surface area contributed by atoms with Gasteiger partial charge < -0.3 is 9.64 Å². The van der Waals surface area contributed by atoms with E-state index in [0.717, 1.165) is 44.8 Å². The third kappa shape index (κ3) is 4.40. The van der Waals surface area contributed by atoms with E-state index in [1.54, 1.807) is 6.33 Å². The average Bonchev–Trinajstić information content (AvgIpc) is 3.23. The molecule has 2 saturated heterocycles. The van der Waals surface area contributed by atoms with Gasteiger partial charge in [-0.3, -0.25) is 4.90 Å². The number of anilines is 1. The first-order valence-corrected chi connectivity index (χ1v) is 9.80. The van der Waals surface area contributed by atoms with Crippen LogP contribution in [0, 0.1) is 0 Å². The summed E-state index contributed by atoms with van der Waals surface area (Å²) in [7, 11) is 0. The lowest BCUT2D eigenvalue weighted by Crippen LogP contribution is -2.42. The number of benzene rings is 1. The van der Waals surface area contributed by atoms with E-state index in [1.807, 2.05) is 12.3 Å². The predicted octanol–water partition coefficient (Wildman–Crippen LogP) is 2.91. The maximum absolute atomic E-state index is 6.00. The Morgan fingerprint density at radius 1 is 1.08 bits per heavy atom. The lowest BCUT2D eigenvalue weighted by molar-refractivity contribution is -0.0346. The van der Waals surface area contributed by atoms with Crippen molar-refractivity contribution in [3.05, 3.63) is 54.1 Å².